The second-order valence-corrected chi connectivity index (χ2v) is 1.88. The lowest BCUT2D eigenvalue weighted by Crippen LogP contribution is -1.96. The monoisotopic (exact) mass is 192 g/mol. The molecule has 1 aromatic rings. The minimum Gasteiger partial charge on any atom is -0.405 e. The van der Waals surface area contributed by atoms with Crippen LogP contribution in [0.2, 0.25) is 0 Å². The molecule has 0 aromatic heterocycles. The lowest BCUT2D eigenvalue weighted by atomic mass is 10.4. The standard InChI is InChI=1S/C6H6.C3H5NO.C2H5N/c1-2-4-6-5-3-1;1-2-4-3-5;1-2-3/h1-6H;2-3H,1H2,(H,4,5);2H,1,3H2. The zero-order chi connectivity index (χ0) is 11.1. The van der Waals surface area contributed by atoms with Gasteiger partial charge in [-0.05, 0) is 12.4 Å². The fraction of sp³-hybridized carbons (Fsp3) is 0. The molecule has 0 aliphatic rings. The van der Waals surface area contributed by atoms with E-state index in [1.807, 2.05) is 36.4 Å². The zero-order valence-electron chi connectivity index (χ0n) is 8.10. The van der Waals surface area contributed by atoms with Crippen molar-refractivity contribution >= 4 is 6.41 Å². The van der Waals surface area contributed by atoms with Gasteiger partial charge in [0.2, 0.25) is 6.41 Å². The molecular formula is C11H16N2O. The number of nitrogens with two attached hydrogens (primary N) is 1. The van der Waals surface area contributed by atoms with E-state index in [1.54, 1.807) is 0 Å². The quantitative estimate of drug-likeness (QED) is 0.700. The molecule has 3 nitrogen and oxygen atoms in total. The van der Waals surface area contributed by atoms with Crippen molar-refractivity contribution in [2.75, 3.05) is 0 Å². The van der Waals surface area contributed by atoms with Gasteiger partial charge in [0, 0.05) is 0 Å². The second kappa shape index (κ2) is 17.2. The van der Waals surface area contributed by atoms with Crippen LogP contribution in [0.15, 0.2) is 62.0 Å². The van der Waals surface area contributed by atoms with Gasteiger partial charge >= 0.3 is 0 Å². The zero-order valence-corrected chi connectivity index (χ0v) is 8.10. The average molecular weight is 192 g/mol. The average Bonchev–Trinajstić information content (AvgIpc) is 2.24. The highest BCUT2D eigenvalue weighted by molar-refractivity contribution is 5.47. The first-order valence-corrected chi connectivity index (χ1v) is 3.96. The lowest BCUT2D eigenvalue weighted by molar-refractivity contribution is -0.108. The molecule has 76 valence electrons. The fourth-order valence-corrected chi connectivity index (χ4v) is 0.433. The molecule has 0 fully saturated rings. The van der Waals surface area contributed by atoms with Crippen LogP contribution in [0.5, 0.6) is 0 Å². The SMILES string of the molecule is C=CN.C=CNC=O.c1ccccc1. The summed E-state index contributed by atoms with van der Waals surface area (Å²) in [5, 5.41) is 2.19. The van der Waals surface area contributed by atoms with Crippen LogP contribution in [-0.4, -0.2) is 6.41 Å². The van der Waals surface area contributed by atoms with Crippen molar-refractivity contribution in [2.45, 2.75) is 0 Å². The van der Waals surface area contributed by atoms with E-state index in [1.165, 1.54) is 12.4 Å². The maximum atomic E-state index is 9.22. The van der Waals surface area contributed by atoms with E-state index >= 15 is 0 Å². The predicted molar refractivity (Wildman–Crippen MR) is 60.2 cm³/mol. The summed E-state index contributed by atoms with van der Waals surface area (Å²) in [4.78, 5) is 9.22. The number of carbonyl (C=O) groups excluding carboxylic acids is 1. The third kappa shape index (κ3) is 22.5. The van der Waals surface area contributed by atoms with Crippen molar-refractivity contribution < 1.29 is 4.79 Å². The maximum absolute atomic E-state index is 9.22. The van der Waals surface area contributed by atoms with Crippen molar-refractivity contribution in [3.05, 3.63) is 62.0 Å². The van der Waals surface area contributed by atoms with E-state index < -0.39 is 0 Å². The van der Waals surface area contributed by atoms with Crippen molar-refractivity contribution in [1.82, 2.24) is 5.32 Å². The van der Waals surface area contributed by atoms with Crippen LogP contribution in [0.4, 0.5) is 0 Å². The topological polar surface area (TPSA) is 55.1 Å². The molecule has 0 saturated carbocycles. The van der Waals surface area contributed by atoms with Gasteiger partial charge in [0.15, 0.2) is 0 Å². The third-order valence-corrected chi connectivity index (χ3v) is 0.853. The lowest BCUT2D eigenvalue weighted by Gasteiger charge is -1.70. The molecule has 3 N–H and O–H groups in total. The first kappa shape index (κ1) is 14.5. The van der Waals surface area contributed by atoms with Gasteiger partial charge in [-0.2, -0.15) is 0 Å². The first-order chi connectivity index (χ1) is 6.83. The van der Waals surface area contributed by atoms with E-state index in [4.69, 9.17) is 0 Å². The molecule has 1 rings (SSSR count). The molecule has 1 aromatic carbocycles. The van der Waals surface area contributed by atoms with Gasteiger partial charge < -0.3 is 11.1 Å². The Labute approximate surface area is 84.9 Å². The Morgan fingerprint density at radius 2 is 1.29 bits per heavy atom. The van der Waals surface area contributed by atoms with Gasteiger partial charge in [-0.25, -0.2) is 0 Å². The van der Waals surface area contributed by atoms with Gasteiger partial charge in [0.05, 0.1) is 0 Å². The van der Waals surface area contributed by atoms with Crippen LogP contribution >= 0.6 is 0 Å². The van der Waals surface area contributed by atoms with E-state index in [0.717, 1.165) is 0 Å². The number of carbonyl (C=O) groups is 1. The van der Waals surface area contributed by atoms with Crippen LogP contribution in [0.25, 0.3) is 0 Å². The van der Waals surface area contributed by atoms with Gasteiger partial charge in [-0.15, -0.1) is 0 Å². The normalized spacial score (nSPS) is 6.29. The Bertz CT molecular complexity index is 189. The van der Waals surface area contributed by atoms with Crippen molar-refractivity contribution in [2.24, 2.45) is 5.73 Å². The molecule has 0 atom stereocenters. The first-order valence-electron chi connectivity index (χ1n) is 3.96. The Kier molecular flexibility index (Phi) is 17.8. The van der Waals surface area contributed by atoms with Crippen LogP contribution in [-0.2, 0) is 4.79 Å². The molecule has 0 unspecified atom stereocenters. The second-order valence-electron chi connectivity index (χ2n) is 1.88. The number of rotatable bonds is 2. The fourth-order valence-electron chi connectivity index (χ4n) is 0.433. The summed E-state index contributed by atoms with van der Waals surface area (Å²) in [5.41, 5.74) is 4.61. The molecule has 0 aliphatic heterocycles. The Balaban J connectivity index is 0. The minimum absolute atomic E-state index is 0.562. The summed E-state index contributed by atoms with van der Waals surface area (Å²) in [6.07, 6.45) is 3.12. The molecule has 0 saturated heterocycles. The summed E-state index contributed by atoms with van der Waals surface area (Å²) in [6.45, 7) is 6.35. The summed E-state index contributed by atoms with van der Waals surface area (Å²) < 4.78 is 0. The predicted octanol–water partition coefficient (Wildman–Crippen LogP) is 1.65. The Morgan fingerprint density at radius 3 is 1.36 bits per heavy atom. The highest BCUT2D eigenvalue weighted by Crippen LogP contribution is 1.79. The number of amides is 1. The largest absolute Gasteiger partial charge is 0.405 e. The summed E-state index contributed by atoms with van der Waals surface area (Å²) in [6, 6.07) is 12.0. The van der Waals surface area contributed by atoms with Gasteiger partial charge in [-0.3, -0.25) is 4.79 Å². The molecule has 1 amide bonds. The molecular weight excluding hydrogens is 176 g/mol. The van der Waals surface area contributed by atoms with Crippen LogP contribution in [0.1, 0.15) is 0 Å². The molecule has 0 heterocycles. The van der Waals surface area contributed by atoms with Gasteiger partial charge in [0.25, 0.3) is 0 Å². The summed E-state index contributed by atoms with van der Waals surface area (Å²) in [7, 11) is 0. The molecule has 0 bridgehead atoms. The van der Waals surface area contributed by atoms with Crippen LogP contribution in [0, 0.1) is 0 Å². The van der Waals surface area contributed by atoms with Crippen LogP contribution < -0.4 is 11.1 Å². The van der Waals surface area contributed by atoms with Crippen molar-refractivity contribution in [3.63, 3.8) is 0 Å². The molecule has 14 heavy (non-hydrogen) atoms. The van der Waals surface area contributed by atoms with Crippen molar-refractivity contribution in [3.8, 4) is 0 Å². The Hall–Kier alpha value is -2.03. The highest BCUT2D eigenvalue weighted by Gasteiger charge is 1.57. The molecule has 0 radical (unpaired) electrons. The van der Waals surface area contributed by atoms with E-state index in [2.05, 4.69) is 24.2 Å². The van der Waals surface area contributed by atoms with Gasteiger partial charge in [0.1, 0.15) is 0 Å². The van der Waals surface area contributed by atoms with Gasteiger partial charge in [-0.1, -0.05) is 49.6 Å². The molecule has 0 spiro atoms. The number of hydrogen-bond donors (Lipinski definition) is 2. The highest BCUT2D eigenvalue weighted by atomic mass is 16.1. The van der Waals surface area contributed by atoms with Crippen molar-refractivity contribution in [1.29, 1.82) is 0 Å². The number of nitrogens with one attached hydrogen (secondary N) is 1. The Morgan fingerprint density at radius 1 is 1.00 bits per heavy atom. The van der Waals surface area contributed by atoms with E-state index in [-0.39, 0.29) is 0 Å². The third-order valence-electron chi connectivity index (χ3n) is 0.853. The minimum atomic E-state index is 0.562. The number of hydrogen-bond acceptors (Lipinski definition) is 2. The van der Waals surface area contributed by atoms with Crippen LogP contribution in [0.3, 0.4) is 0 Å². The maximum Gasteiger partial charge on any atom is 0.211 e. The molecule has 0 aliphatic carbocycles. The molecule has 3 heteroatoms. The van der Waals surface area contributed by atoms with E-state index in [9.17, 15) is 4.79 Å². The number of benzene rings is 1. The summed E-state index contributed by atoms with van der Waals surface area (Å²) in [5.74, 6) is 0. The smallest absolute Gasteiger partial charge is 0.211 e. The van der Waals surface area contributed by atoms with E-state index in [0.29, 0.717) is 6.41 Å². The summed E-state index contributed by atoms with van der Waals surface area (Å²) >= 11 is 0.